The van der Waals surface area contributed by atoms with Crippen molar-refractivity contribution in [3.05, 3.63) is 59.7 Å². The number of nitrogens with zero attached hydrogens (tertiary/aromatic N) is 1. The van der Waals surface area contributed by atoms with E-state index in [9.17, 15) is 4.79 Å². The molecule has 3 N–H and O–H groups in total. The SMILES string of the molecule is NC1(C(=O)Nc2ccc(CN3CCc4ccccc43)cc2)CCOCC1. The summed E-state index contributed by atoms with van der Waals surface area (Å²) < 4.78 is 5.30. The summed E-state index contributed by atoms with van der Waals surface area (Å²) >= 11 is 0. The molecule has 2 aromatic carbocycles. The molecule has 2 aliphatic heterocycles. The highest BCUT2D eigenvalue weighted by Crippen LogP contribution is 2.29. The summed E-state index contributed by atoms with van der Waals surface area (Å²) in [6.45, 7) is 3.01. The van der Waals surface area contributed by atoms with Gasteiger partial charge in [0.05, 0.1) is 0 Å². The first-order valence-corrected chi connectivity index (χ1v) is 9.24. The van der Waals surface area contributed by atoms with E-state index in [1.54, 1.807) is 0 Å². The molecule has 0 spiro atoms. The number of benzene rings is 2. The summed E-state index contributed by atoms with van der Waals surface area (Å²) in [4.78, 5) is 14.9. The Morgan fingerprint density at radius 1 is 1.12 bits per heavy atom. The van der Waals surface area contributed by atoms with Crippen LogP contribution in [0.25, 0.3) is 0 Å². The first-order chi connectivity index (χ1) is 12.6. The average molecular weight is 351 g/mol. The van der Waals surface area contributed by atoms with E-state index in [1.807, 2.05) is 12.1 Å². The van der Waals surface area contributed by atoms with E-state index in [0.29, 0.717) is 26.1 Å². The molecule has 0 unspecified atom stereocenters. The van der Waals surface area contributed by atoms with Gasteiger partial charge in [-0.2, -0.15) is 0 Å². The Morgan fingerprint density at radius 3 is 2.62 bits per heavy atom. The Hall–Kier alpha value is -2.37. The van der Waals surface area contributed by atoms with Crippen LogP contribution < -0.4 is 16.0 Å². The van der Waals surface area contributed by atoms with Crippen molar-refractivity contribution in [2.24, 2.45) is 5.73 Å². The van der Waals surface area contributed by atoms with Gasteiger partial charge in [-0.25, -0.2) is 0 Å². The highest BCUT2D eigenvalue weighted by atomic mass is 16.5. The Labute approximate surface area is 154 Å². The average Bonchev–Trinajstić information content (AvgIpc) is 3.07. The molecule has 2 heterocycles. The van der Waals surface area contributed by atoms with E-state index in [2.05, 4.69) is 46.6 Å². The fourth-order valence-corrected chi connectivity index (χ4v) is 3.70. The summed E-state index contributed by atoms with van der Waals surface area (Å²) in [5.74, 6) is -0.123. The van der Waals surface area contributed by atoms with Crippen LogP contribution in [0, 0.1) is 0 Å². The van der Waals surface area contributed by atoms with Crippen molar-refractivity contribution >= 4 is 17.3 Å². The molecule has 1 saturated heterocycles. The van der Waals surface area contributed by atoms with E-state index in [-0.39, 0.29) is 5.91 Å². The second-order valence-corrected chi connectivity index (χ2v) is 7.22. The normalized spacial score (nSPS) is 18.4. The molecular weight excluding hydrogens is 326 g/mol. The zero-order valence-corrected chi connectivity index (χ0v) is 14.9. The maximum absolute atomic E-state index is 12.5. The van der Waals surface area contributed by atoms with Crippen molar-refractivity contribution in [1.82, 2.24) is 0 Å². The minimum atomic E-state index is -0.823. The second-order valence-electron chi connectivity index (χ2n) is 7.22. The number of fused-ring (bicyclic) bond motifs is 1. The van der Waals surface area contributed by atoms with Gasteiger partial charge in [0.15, 0.2) is 0 Å². The number of nitrogens with two attached hydrogens (primary N) is 1. The van der Waals surface area contributed by atoms with E-state index in [0.717, 1.165) is 25.2 Å². The van der Waals surface area contributed by atoms with Crippen molar-refractivity contribution < 1.29 is 9.53 Å². The lowest BCUT2D eigenvalue weighted by molar-refractivity contribution is -0.124. The van der Waals surface area contributed by atoms with Gasteiger partial charge in [0.2, 0.25) is 5.91 Å². The van der Waals surface area contributed by atoms with Crippen LogP contribution in [-0.2, 0) is 22.5 Å². The Kier molecular flexibility index (Phi) is 4.66. The van der Waals surface area contributed by atoms with E-state index in [1.165, 1.54) is 16.8 Å². The smallest absolute Gasteiger partial charge is 0.244 e. The molecule has 0 aliphatic carbocycles. The maximum atomic E-state index is 12.5. The number of nitrogens with one attached hydrogen (secondary N) is 1. The van der Waals surface area contributed by atoms with Gasteiger partial charge >= 0.3 is 0 Å². The number of amides is 1. The van der Waals surface area contributed by atoms with E-state index in [4.69, 9.17) is 10.5 Å². The van der Waals surface area contributed by atoms with Crippen LogP contribution >= 0.6 is 0 Å². The molecule has 0 radical (unpaired) electrons. The van der Waals surface area contributed by atoms with Crippen molar-refractivity contribution in [2.45, 2.75) is 31.3 Å². The molecule has 5 heteroatoms. The molecule has 1 fully saturated rings. The quantitative estimate of drug-likeness (QED) is 0.889. The van der Waals surface area contributed by atoms with Crippen LogP contribution in [0.3, 0.4) is 0 Å². The molecule has 0 saturated carbocycles. The zero-order valence-electron chi connectivity index (χ0n) is 14.9. The van der Waals surface area contributed by atoms with Gasteiger partial charge in [-0.1, -0.05) is 30.3 Å². The zero-order chi connectivity index (χ0) is 18.0. The molecule has 4 rings (SSSR count). The number of hydrogen-bond donors (Lipinski definition) is 2. The minimum Gasteiger partial charge on any atom is -0.381 e. The van der Waals surface area contributed by atoms with Gasteiger partial charge in [0.25, 0.3) is 0 Å². The highest BCUT2D eigenvalue weighted by molar-refractivity contribution is 5.98. The van der Waals surface area contributed by atoms with Crippen molar-refractivity contribution in [1.29, 1.82) is 0 Å². The number of carbonyl (C=O) groups is 1. The number of carbonyl (C=O) groups excluding carboxylic acids is 1. The predicted molar refractivity (Wildman–Crippen MR) is 103 cm³/mol. The van der Waals surface area contributed by atoms with E-state index < -0.39 is 5.54 Å². The molecule has 5 nitrogen and oxygen atoms in total. The summed E-state index contributed by atoms with van der Waals surface area (Å²) in [5, 5.41) is 2.96. The molecule has 2 aliphatic rings. The van der Waals surface area contributed by atoms with Crippen molar-refractivity contribution in [3.8, 4) is 0 Å². The van der Waals surface area contributed by atoms with Crippen LogP contribution in [0.5, 0.6) is 0 Å². The number of ether oxygens (including phenoxy) is 1. The summed E-state index contributed by atoms with van der Waals surface area (Å²) in [6.07, 6.45) is 2.23. The summed E-state index contributed by atoms with van der Waals surface area (Å²) in [7, 11) is 0. The first kappa shape index (κ1) is 17.1. The lowest BCUT2D eigenvalue weighted by Crippen LogP contribution is -2.54. The third kappa shape index (κ3) is 3.45. The standard InChI is InChI=1S/C21H25N3O2/c22-21(10-13-26-14-11-21)20(25)23-18-7-5-16(6-8-18)15-24-12-9-17-3-1-2-4-19(17)24/h1-8H,9-15,22H2,(H,23,25). The van der Waals surface area contributed by atoms with Gasteiger partial charge in [0, 0.05) is 37.7 Å². The fraction of sp³-hybridized carbons (Fsp3) is 0.381. The number of rotatable bonds is 4. The molecule has 0 atom stereocenters. The van der Waals surface area contributed by atoms with Gasteiger partial charge in [-0.3, -0.25) is 4.79 Å². The number of anilines is 2. The van der Waals surface area contributed by atoms with Crippen LogP contribution in [0.15, 0.2) is 48.5 Å². The van der Waals surface area contributed by atoms with Gasteiger partial charge < -0.3 is 20.7 Å². The monoisotopic (exact) mass is 351 g/mol. The summed E-state index contributed by atoms with van der Waals surface area (Å²) in [5.41, 5.74) is 10.2. The van der Waals surface area contributed by atoms with Gasteiger partial charge in [-0.15, -0.1) is 0 Å². The molecule has 26 heavy (non-hydrogen) atoms. The number of hydrogen-bond acceptors (Lipinski definition) is 4. The second kappa shape index (κ2) is 7.09. The van der Waals surface area contributed by atoms with Gasteiger partial charge in [-0.05, 0) is 48.6 Å². The highest BCUT2D eigenvalue weighted by Gasteiger charge is 2.35. The van der Waals surface area contributed by atoms with Crippen molar-refractivity contribution in [3.63, 3.8) is 0 Å². The lowest BCUT2D eigenvalue weighted by Gasteiger charge is -2.31. The molecule has 0 aromatic heterocycles. The van der Waals surface area contributed by atoms with E-state index >= 15 is 0 Å². The van der Waals surface area contributed by atoms with Crippen LogP contribution in [0.2, 0.25) is 0 Å². The first-order valence-electron chi connectivity index (χ1n) is 9.24. The Balaban J connectivity index is 1.39. The summed E-state index contributed by atoms with van der Waals surface area (Å²) in [6, 6.07) is 16.6. The molecule has 0 bridgehead atoms. The largest absolute Gasteiger partial charge is 0.381 e. The predicted octanol–water partition coefficient (Wildman–Crippen LogP) is 2.70. The van der Waals surface area contributed by atoms with Crippen LogP contribution in [0.1, 0.15) is 24.0 Å². The third-order valence-corrected chi connectivity index (χ3v) is 5.41. The Morgan fingerprint density at radius 2 is 1.85 bits per heavy atom. The van der Waals surface area contributed by atoms with Crippen molar-refractivity contribution in [2.75, 3.05) is 30.0 Å². The van der Waals surface area contributed by atoms with Crippen LogP contribution in [0.4, 0.5) is 11.4 Å². The van der Waals surface area contributed by atoms with Gasteiger partial charge in [0.1, 0.15) is 5.54 Å². The third-order valence-electron chi connectivity index (χ3n) is 5.41. The molecule has 2 aromatic rings. The fourth-order valence-electron chi connectivity index (χ4n) is 3.70. The number of para-hydroxylation sites is 1. The van der Waals surface area contributed by atoms with Crippen LogP contribution in [-0.4, -0.2) is 31.2 Å². The minimum absolute atomic E-state index is 0.123. The lowest BCUT2D eigenvalue weighted by atomic mass is 9.90. The molecule has 1 amide bonds. The molecular formula is C21H25N3O2. The Bertz CT molecular complexity index is 782. The maximum Gasteiger partial charge on any atom is 0.244 e. The topological polar surface area (TPSA) is 67.6 Å². The molecule has 136 valence electrons.